The number of hydrogen-bond acceptors (Lipinski definition) is 2. The van der Waals surface area contributed by atoms with Crippen LogP contribution in [0.3, 0.4) is 0 Å². The minimum Gasteiger partial charge on any atom is -0.144 e. The maximum absolute atomic E-state index is 3.79. The molecule has 0 amide bonds. The normalized spacial score (nSPS) is 11.6. The quantitative estimate of drug-likeness (QED) is 0.0530. The molecule has 0 bridgehead atoms. The van der Waals surface area contributed by atoms with Gasteiger partial charge in [0.15, 0.2) is 0 Å². The standard InChI is InChI=1S/C50H54S2/c1-3-5-7-9-11-13-15-17-19-21-23-43-45-31-39-29-37-25-27-52-50(37)36-42(39)34-48(45)44(24-22-20-18-16-14-12-10-8-6-4-2)46-32-40-30-38-26-28-51-49(38)35-41(40)33-47(43)46/h25-36H,3-20H2,1-2H3. The summed E-state index contributed by atoms with van der Waals surface area (Å²) in [5.41, 5.74) is 2.33. The van der Waals surface area contributed by atoms with E-state index in [-0.39, 0.29) is 0 Å². The molecule has 266 valence electrons. The predicted molar refractivity (Wildman–Crippen MR) is 235 cm³/mol. The highest BCUT2D eigenvalue weighted by molar-refractivity contribution is 7.17. The summed E-state index contributed by atoms with van der Waals surface area (Å²) in [7, 11) is 0. The maximum atomic E-state index is 3.79. The monoisotopic (exact) mass is 718 g/mol. The zero-order valence-corrected chi connectivity index (χ0v) is 33.1. The van der Waals surface area contributed by atoms with Crippen LogP contribution in [0.2, 0.25) is 0 Å². The van der Waals surface area contributed by atoms with Crippen LogP contribution in [0.15, 0.2) is 71.4 Å². The van der Waals surface area contributed by atoms with Crippen LogP contribution in [0.4, 0.5) is 0 Å². The maximum Gasteiger partial charge on any atom is 0.0403 e. The Hall–Kier alpha value is -3.82. The second kappa shape index (κ2) is 18.3. The van der Waals surface area contributed by atoms with E-state index in [2.05, 4.69) is 109 Å². The summed E-state index contributed by atoms with van der Waals surface area (Å²) in [5, 5.41) is 17.1. The summed E-state index contributed by atoms with van der Waals surface area (Å²) in [4.78, 5) is 0. The SMILES string of the molecule is CCCCCCCCCCC#Cc1c2cc3cc4ccsc4cc3cc2c(C#CCCCCCCCCCC)c2cc3cc4ccsc4cc3cc12. The fraction of sp³-hybridized carbons (Fsp3) is 0.400. The number of fused-ring (bicyclic) bond motifs is 6. The van der Waals surface area contributed by atoms with E-state index in [1.807, 2.05) is 22.7 Å². The third-order valence-corrected chi connectivity index (χ3v) is 12.7. The van der Waals surface area contributed by atoms with Gasteiger partial charge in [0.05, 0.1) is 0 Å². The van der Waals surface area contributed by atoms with Crippen molar-refractivity contribution >= 4 is 85.9 Å². The van der Waals surface area contributed by atoms with Gasteiger partial charge in [-0.05, 0) is 138 Å². The van der Waals surface area contributed by atoms with Crippen molar-refractivity contribution in [2.24, 2.45) is 0 Å². The highest BCUT2D eigenvalue weighted by atomic mass is 32.1. The third-order valence-electron chi connectivity index (χ3n) is 10.9. The summed E-state index contributed by atoms with van der Waals surface area (Å²) in [6.45, 7) is 4.58. The summed E-state index contributed by atoms with van der Waals surface area (Å²) in [5.74, 6) is 14.9. The van der Waals surface area contributed by atoms with Crippen LogP contribution < -0.4 is 0 Å². The van der Waals surface area contributed by atoms with Gasteiger partial charge < -0.3 is 0 Å². The van der Waals surface area contributed by atoms with Crippen molar-refractivity contribution in [3.8, 4) is 23.7 Å². The highest BCUT2D eigenvalue weighted by Gasteiger charge is 2.16. The molecule has 0 aliphatic rings. The topological polar surface area (TPSA) is 0 Å². The van der Waals surface area contributed by atoms with Gasteiger partial charge in [0.25, 0.3) is 0 Å². The van der Waals surface area contributed by atoms with Crippen molar-refractivity contribution in [1.82, 2.24) is 0 Å². The molecule has 2 aromatic heterocycles. The molecule has 0 atom stereocenters. The lowest BCUT2D eigenvalue weighted by atomic mass is 9.88. The van der Waals surface area contributed by atoms with Crippen molar-refractivity contribution in [3.05, 3.63) is 82.6 Å². The average molecular weight is 719 g/mol. The van der Waals surface area contributed by atoms with E-state index in [9.17, 15) is 0 Å². The fourth-order valence-electron chi connectivity index (χ4n) is 7.90. The molecular weight excluding hydrogens is 665 g/mol. The third kappa shape index (κ3) is 8.69. The minimum absolute atomic E-state index is 0.949. The minimum atomic E-state index is 0.949. The lowest BCUT2D eigenvalue weighted by Crippen LogP contribution is -1.92. The van der Waals surface area contributed by atoms with Crippen LogP contribution in [0.1, 0.15) is 141 Å². The van der Waals surface area contributed by atoms with E-state index in [4.69, 9.17) is 0 Å². The van der Waals surface area contributed by atoms with E-state index in [0.29, 0.717) is 0 Å². The Balaban J connectivity index is 1.29. The molecule has 0 fully saturated rings. The fourth-order valence-corrected chi connectivity index (χ4v) is 9.54. The summed E-state index contributed by atoms with van der Waals surface area (Å²) < 4.78 is 2.68. The molecule has 7 aromatic rings. The zero-order valence-electron chi connectivity index (χ0n) is 31.5. The molecule has 0 aliphatic carbocycles. The van der Waals surface area contributed by atoms with Crippen molar-refractivity contribution in [2.45, 2.75) is 129 Å². The first kappa shape index (κ1) is 36.5. The Bertz CT molecular complexity index is 2120. The van der Waals surface area contributed by atoms with Crippen LogP contribution >= 0.6 is 22.7 Å². The van der Waals surface area contributed by atoms with E-state index in [1.165, 1.54) is 177 Å². The number of thiophene rings is 2. The van der Waals surface area contributed by atoms with Gasteiger partial charge in [0, 0.05) is 33.4 Å². The van der Waals surface area contributed by atoms with E-state index >= 15 is 0 Å². The average Bonchev–Trinajstić information content (AvgIpc) is 3.82. The van der Waals surface area contributed by atoms with Gasteiger partial charge in [0.2, 0.25) is 0 Å². The molecule has 0 spiro atoms. The van der Waals surface area contributed by atoms with E-state index in [1.54, 1.807) is 0 Å². The molecule has 2 heteroatoms. The number of unbranched alkanes of at least 4 members (excludes halogenated alkanes) is 16. The van der Waals surface area contributed by atoms with Crippen molar-refractivity contribution in [3.63, 3.8) is 0 Å². The number of hydrogen-bond donors (Lipinski definition) is 0. The Morgan fingerprint density at radius 1 is 0.385 bits per heavy atom. The van der Waals surface area contributed by atoms with Crippen molar-refractivity contribution in [2.75, 3.05) is 0 Å². The Morgan fingerprint density at radius 2 is 0.731 bits per heavy atom. The summed E-state index contributed by atoms with van der Waals surface area (Å²) in [6.07, 6.45) is 23.1. The molecule has 2 heterocycles. The molecule has 0 N–H and O–H groups in total. The highest BCUT2D eigenvalue weighted by Crippen LogP contribution is 2.39. The van der Waals surface area contributed by atoms with Crippen LogP contribution in [0.25, 0.3) is 63.3 Å². The molecule has 7 rings (SSSR count). The molecule has 5 aromatic carbocycles. The van der Waals surface area contributed by atoms with Gasteiger partial charge in [-0.1, -0.05) is 127 Å². The lowest BCUT2D eigenvalue weighted by molar-refractivity contribution is 0.579. The van der Waals surface area contributed by atoms with Crippen LogP contribution in [-0.4, -0.2) is 0 Å². The number of benzene rings is 5. The van der Waals surface area contributed by atoms with Gasteiger partial charge in [0.1, 0.15) is 0 Å². The molecule has 52 heavy (non-hydrogen) atoms. The molecular formula is C50H54S2. The molecule has 0 aliphatic heterocycles. The predicted octanol–water partition coefficient (Wildman–Crippen LogP) is 16.5. The summed E-state index contributed by atoms with van der Waals surface area (Å²) in [6, 6.07) is 23.6. The largest absolute Gasteiger partial charge is 0.144 e. The van der Waals surface area contributed by atoms with Crippen LogP contribution in [0.5, 0.6) is 0 Å². The smallest absolute Gasteiger partial charge is 0.0403 e. The number of rotatable bonds is 16. The first-order valence-electron chi connectivity index (χ1n) is 20.4. The van der Waals surface area contributed by atoms with Gasteiger partial charge in [-0.3, -0.25) is 0 Å². The molecule has 0 saturated heterocycles. The zero-order chi connectivity index (χ0) is 35.5. The molecule has 0 radical (unpaired) electrons. The molecule has 0 nitrogen and oxygen atoms in total. The van der Waals surface area contributed by atoms with E-state index in [0.717, 1.165) is 12.8 Å². The van der Waals surface area contributed by atoms with Gasteiger partial charge >= 0.3 is 0 Å². The molecule has 0 saturated carbocycles. The van der Waals surface area contributed by atoms with Crippen molar-refractivity contribution < 1.29 is 0 Å². The Labute approximate surface area is 320 Å². The second-order valence-electron chi connectivity index (χ2n) is 14.9. The molecule has 0 unspecified atom stereocenters. The Morgan fingerprint density at radius 3 is 1.12 bits per heavy atom. The second-order valence-corrected chi connectivity index (χ2v) is 16.8. The van der Waals surface area contributed by atoms with Gasteiger partial charge in [-0.15, -0.1) is 22.7 Å². The van der Waals surface area contributed by atoms with Gasteiger partial charge in [-0.25, -0.2) is 0 Å². The van der Waals surface area contributed by atoms with Crippen molar-refractivity contribution in [1.29, 1.82) is 0 Å². The van der Waals surface area contributed by atoms with Crippen LogP contribution in [0, 0.1) is 23.7 Å². The summed E-state index contributed by atoms with van der Waals surface area (Å²) >= 11 is 3.65. The first-order valence-corrected chi connectivity index (χ1v) is 22.1. The first-order chi connectivity index (χ1) is 25.7. The van der Waals surface area contributed by atoms with E-state index < -0.39 is 0 Å². The Kier molecular flexibility index (Phi) is 12.8. The van der Waals surface area contributed by atoms with Gasteiger partial charge in [-0.2, -0.15) is 0 Å². The van der Waals surface area contributed by atoms with Crippen LogP contribution in [-0.2, 0) is 0 Å². The lowest BCUT2D eigenvalue weighted by Gasteiger charge is -2.14.